The SMILES string of the molecule is ClCn1cc(Cl)c(-c2cc(Cl)cc(Cl)c2)n1. The minimum atomic E-state index is 0.244. The largest absolute Gasteiger partial charge is 0.256 e. The number of alkyl halides is 1. The molecule has 0 fully saturated rings. The fourth-order valence-corrected chi connectivity index (χ4v) is 2.25. The van der Waals surface area contributed by atoms with Crippen molar-refractivity contribution in [3.8, 4) is 11.3 Å². The van der Waals surface area contributed by atoms with Crippen LogP contribution in [0.4, 0.5) is 0 Å². The summed E-state index contributed by atoms with van der Waals surface area (Å²) in [4.78, 5) is 0. The highest BCUT2D eigenvalue weighted by Gasteiger charge is 2.10. The van der Waals surface area contributed by atoms with E-state index in [0.717, 1.165) is 5.56 Å². The summed E-state index contributed by atoms with van der Waals surface area (Å²) in [6.07, 6.45) is 1.65. The van der Waals surface area contributed by atoms with E-state index in [4.69, 9.17) is 46.4 Å². The average Bonchev–Trinajstić information content (AvgIpc) is 2.58. The molecule has 2 rings (SSSR count). The van der Waals surface area contributed by atoms with Crippen LogP contribution >= 0.6 is 46.4 Å². The first kappa shape index (κ1) is 12.1. The third kappa shape index (κ3) is 2.46. The van der Waals surface area contributed by atoms with Gasteiger partial charge in [-0.2, -0.15) is 5.10 Å². The van der Waals surface area contributed by atoms with Crippen molar-refractivity contribution < 1.29 is 0 Å². The van der Waals surface area contributed by atoms with E-state index < -0.39 is 0 Å². The second-order valence-electron chi connectivity index (χ2n) is 3.14. The first-order chi connectivity index (χ1) is 7.60. The molecule has 0 aliphatic rings. The van der Waals surface area contributed by atoms with Crippen LogP contribution in [0.25, 0.3) is 11.3 Å². The maximum Gasteiger partial charge on any atom is 0.115 e. The Bertz CT molecular complexity index is 501. The minimum absolute atomic E-state index is 0.244. The summed E-state index contributed by atoms with van der Waals surface area (Å²) in [5, 5.41) is 5.81. The molecule has 0 saturated carbocycles. The Morgan fingerprint density at radius 2 is 1.69 bits per heavy atom. The van der Waals surface area contributed by atoms with Crippen LogP contribution in [0.2, 0.25) is 15.1 Å². The number of hydrogen-bond donors (Lipinski definition) is 0. The average molecular weight is 296 g/mol. The van der Waals surface area contributed by atoms with Crippen molar-refractivity contribution in [2.75, 3.05) is 0 Å². The maximum atomic E-state index is 6.03. The normalized spacial score (nSPS) is 10.8. The van der Waals surface area contributed by atoms with Gasteiger partial charge >= 0.3 is 0 Å². The zero-order valence-corrected chi connectivity index (χ0v) is 10.9. The van der Waals surface area contributed by atoms with Gasteiger partial charge in [0, 0.05) is 21.8 Å². The minimum Gasteiger partial charge on any atom is -0.256 e. The van der Waals surface area contributed by atoms with Crippen molar-refractivity contribution in [3.05, 3.63) is 39.5 Å². The molecule has 0 amide bonds. The number of hydrogen-bond acceptors (Lipinski definition) is 1. The van der Waals surface area contributed by atoms with Crippen molar-refractivity contribution >= 4 is 46.4 Å². The molecule has 0 N–H and O–H groups in total. The molecule has 0 aliphatic heterocycles. The highest BCUT2D eigenvalue weighted by atomic mass is 35.5. The lowest BCUT2D eigenvalue weighted by Gasteiger charge is -2.00. The van der Waals surface area contributed by atoms with E-state index in [9.17, 15) is 0 Å². The van der Waals surface area contributed by atoms with Gasteiger partial charge < -0.3 is 0 Å². The molecule has 16 heavy (non-hydrogen) atoms. The molecule has 0 radical (unpaired) electrons. The number of nitrogens with zero attached hydrogens (tertiary/aromatic N) is 2. The zero-order valence-electron chi connectivity index (χ0n) is 7.92. The molecular weight excluding hydrogens is 290 g/mol. The molecule has 0 spiro atoms. The number of benzene rings is 1. The standard InChI is InChI=1S/C10H6Cl4N2/c11-5-16-4-9(14)10(15-16)6-1-7(12)3-8(13)2-6/h1-4H,5H2. The lowest BCUT2D eigenvalue weighted by Crippen LogP contribution is -1.92. The number of aromatic nitrogens is 2. The lowest BCUT2D eigenvalue weighted by molar-refractivity contribution is 0.747. The monoisotopic (exact) mass is 294 g/mol. The van der Waals surface area contributed by atoms with E-state index >= 15 is 0 Å². The van der Waals surface area contributed by atoms with Crippen LogP contribution < -0.4 is 0 Å². The molecule has 0 atom stereocenters. The van der Waals surface area contributed by atoms with Gasteiger partial charge in [-0.05, 0) is 18.2 Å². The first-order valence-electron chi connectivity index (χ1n) is 4.35. The van der Waals surface area contributed by atoms with Crippen LogP contribution in [0.1, 0.15) is 0 Å². The molecular formula is C10H6Cl4N2. The highest BCUT2D eigenvalue weighted by Crippen LogP contribution is 2.30. The summed E-state index contributed by atoms with van der Waals surface area (Å²) < 4.78 is 1.54. The predicted molar refractivity (Wildman–Crippen MR) is 68.5 cm³/mol. The van der Waals surface area contributed by atoms with Gasteiger partial charge in [-0.3, -0.25) is 4.68 Å². The van der Waals surface area contributed by atoms with Gasteiger partial charge in [0.1, 0.15) is 11.7 Å². The van der Waals surface area contributed by atoms with Gasteiger partial charge in [-0.15, -0.1) is 11.6 Å². The van der Waals surface area contributed by atoms with Crippen LogP contribution in [0.5, 0.6) is 0 Å². The van der Waals surface area contributed by atoms with E-state index in [1.165, 1.54) is 4.68 Å². The second-order valence-corrected chi connectivity index (χ2v) is 4.66. The zero-order chi connectivity index (χ0) is 11.7. The molecule has 1 heterocycles. The Morgan fingerprint density at radius 1 is 1.06 bits per heavy atom. The Morgan fingerprint density at radius 3 is 2.19 bits per heavy atom. The molecule has 0 saturated heterocycles. The van der Waals surface area contributed by atoms with E-state index in [1.54, 1.807) is 24.4 Å². The van der Waals surface area contributed by atoms with Gasteiger partial charge in [0.25, 0.3) is 0 Å². The predicted octanol–water partition coefficient (Wildman–Crippen LogP) is 4.71. The van der Waals surface area contributed by atoms with Gasteiger partial charge in [0.15, 0.2) is 0 Å². The first-order valence-corrected chi connectivity index (χ1v) is 6.02. The Kier molecular flexibility index (Phi) is 3.65. The van der Waals surface area contributed by atoms with Crippen molar-refractivity contribution in [3.63, 3.8) is 0 Å². The fourth-order valence-electron chi connectivity index (χ4n) is 1.34. The Labute approximate surface area is 113 Å². The highest BCUT2D eigenvalue weighted by molar-refractivity contribution is 6.36. The summed E-state index contributed by atoms with van der Waals surface area (Å²) in [5.74, 6) is 0. The second kappa shape index (κ2) is 4.84. The molecule has 6 heteroatoms. The third-order valence-corrected chi connectivity index (χ3v) is 2.93. The quantitative estimate of drug-likeness (QED) is 0.734. The van der Waals surface area contributed by atoms with Crippen molar-refractivity contribution in [1.29, 1.82) is 0 Å². The van der Waals surface area contributed by atoms with Crippen molar-refractivity contribution in [2.45, 2.75) is 6.00 Å². The van der Waals surface area contributed by atoms with Crippen LogP contribution in [-0.2, 0) is 6.00 Å². The van der Waals surface area contributed by atoms with E-state index in [2.05, 4.69) is 5.10 Å². The number of rotatable bonds is 2. The molecule has 2 nitrogen and oxygen atoms in total. The summed E-state index contributed by atoms with van der Waals surface area (Å²) in [6.45, 7) is 0. The molecule has 1 aromatic heterocycles. The molecule has 84 valence electrons. The van der Waals surface area contributed by atoms with Gasteiger partial charge in [0.2, 0.25) is 0 Å². The topological polar surface area (TPSA) is 17.8 Å². The number of halogens is 4. The van der Waals surface area contributed by atoms with Crippen molar-refractivity contribution in [2.24, 2.45) is 0 Å². The Hall–Kier alpha value is -0.410. The molecule has 2 aromatic rings. The van der Waals surface area contributed by atoms with E-state index in [-0.39, 0.29) is 6.00 Å². The molecule has 0 bridgehead atoms. The molecule has 0 aliphatic carbocycles. The third-order valence-electron chi connectivity index (χ3n) is 1.98. The van der Waals surface area contributed by atoms with Crippen LogP contribution in [0, 0.1) is 0 Å². The van der Waals surface area contributed by atoms with Crippen LogP contribution in [0.15, 0.2) is 24.4 Å². The molecule has 1 aromatic carbocycles. The van der Waals surface area contributed by atoms with E-state index in [1.807, 2.05) is 0 Å². The summed E-state index contributed by atoms with van der Waals surface area (Å²) in [7, 11) is 0. The van der Waals surface area contributed by atoms with Crippen LogP contribution in [0.3, 0.4) is 0 Å². The summed E-state index contributed by atoms with van der Waals surface area (Å²) >= 11 is 23.5. The van der Waals surface area contributed by atoms with Crippen molar-refractivity contribution in [1.82, 2.24) is 9.78 Å². The van der Waals surface area contributed by atoms with Gasteiger partial charge in [-0.1, -0.05) is 34.8 Å². The maximum absolute atomic E-state index is 6.03. The fraction of sp³-hybridized carbons (Fsp3) is 0.100. The summed E-state index contributed by atoms with van der Waals surface area (Å²) in [5.41, 5.74) is 1.39. The smallest absolute Gasteiger partial charge is 0.115 e. The summed E-state index contributed by atoms with van der Waals surface area (Å²) in [6, 6.07) is 5.40. The van der Waals surface area contributed by atoms with E-state index in [0.29, 0.717) is 20.8 Å². The van der Waals surface area contributed by atoms with Crippen LogP contribution in [-0.4, -0.2) is 9.78 Å². The van der Waals surface area contributed by atoms with Gasteiger partial charge in [0.05, 0.1) is 5.02 Å². The molecule has 0 unspecified atom stereocenters. The van der Waals surface area contributed by atoms with Gasteiger partial charge in [-0.25, -0.2) is 0 Å². The Balaban J connectivity index is 2.53. The lowest BCUT2D eigenvalue weighted by atomic mass is 10.1.